The Balaban J connectivity index is 1.75. The van der Waals surface area contributed by atoms with Crippen molar-refractivity contribution in [3.63, 3.8) is 0 Å². The van der Waals surface area contributed by atoms with Crippen LogP contribution in [-0.2, 0) is 13.1 Å². The molecule has 0 radical (unpaired) electrons. The quantitative estimate of drug-likeness (QED) is 0.783. The maximum Gasteiger partial charge on any atom is 0.255 e. The summed E-state index contributed by atoms with van der Waals surface area (Å²) in [7, 11) is 0. The Morgan fingerprint density at radius 3 is 2.58 bits per heavy atom. The Morgan fingerprint density at radius 1 is 1.17 bits per heavy atom. The molecule has 24 heavy (non-hydrogen) atoms. The first-order valence-corrected chi connectivity index (χ1v) is 7.94. The fourth-order valence-electron chi connectivity index (χ4n) is 2.71. The van der Waals surface area contributed by atoms with Crippen molar-refractivity contribution in [1.29, 1.82) is 0 Å². The molecule has 0 unspecified atom stereocenters. The molecule has 0 spiro atoms. The van der Waals surface area contributed by atoms with Gasteiger partial charge in [0.05, 0.1) is 30.6 Å². The van der Waals surface area contributed by atoms with Crippen LogP contribution in [0.1, 0.15) is 38.6 Å². The standard InChI is InChI=1S/C19H21N3O2/c1-13-6-8-16(9-7-13)12-22-15(3)18(14(2)21-22)19(23)20-11-17-5-4-10-24-17/h4-10H,11-12H2,1-3H3,(H,20,23). The van der Waals surface area contributed by atoms with Gasteiger partial charge in [0.15, 0.2) is 0 Å². The molecule has 0 atom stereocenters. The number of aromatic nitrogens is 2. The van der Waals surface area contributed by atoms with Crippen LogP contribution >= 0.6 is 0 Å². The summed E-state index contributed by atoms with van der Waals surface area (Å²) in [6, 6.07) is 12.0. The lowest BCUT2D eigenvalue weighted by atomic mass is 10.1. The topological polar surface area (TPSA) is 60.1 Å². The predicted octanol–water partition coefficient (Wildman–Crippen LogP) is 3.38. The molecule has 0 aliphatic heterocycles. The van der Waals surface area contributed by atoms with E-state index in [1.54, 1.807) is 12.3 Å². The Kier molecular flexibility index (Phi) is 4.51. The molecule has 3 rings (SSSR count). The highest BCUT2D eigenvalue weighted by Gasteiger charge is 2.18. The van der Waals surface area contributed by atoms with Gasteiger partial charge in [0.25, 0.3) is 5.91 Å². The Labute approximate surface area is 141 Å². The van der Waals surface area contributed by atoms with Gasteiger partial charge in [-0.05, 0) is 38.5 Å². The number of benzene rings is 1. The molecule has 0 saturated carbocycles. The van der Waals surface area contributed by atoms with E-state index in [-0.39, 0.29) is 5.91 Å². The molecule has 0 bridgehead atoms. The highest BCUT2D eigenvalue weighted by Crippen LogP contribution is 2.15. The van der Waals surface area contributed by atoms with Gasteiger partial charge in [-0.25, -0.2) is 0 Å². The number of amides is 1. The lowest BCUT2D eigenvalue weighted by Crippen LogP contribution is -2.23. The number of carbonyl (C=O) groups excluding carboxylic acids is 1. The van der Waals surface area contributed by atoms with Crippen LogP contribution in [0.15, 0.2) is 47.1 Å². The molecule has 0 saturated heterocycles. The van der Waals surface area contributed by atoms with Crippen molar-refractivity contribution in [2.45, 2.75) is 33.9 Å². The average molecular weight is 323 g/mol. The van der Waals surface area contributed by atoms with Crippen LogP contribution in [0.5, 0.6) is 0 Å². The maximum atomic E-state index is 12.5. The van der Waals surface area contributed by atoms with Crippen LogP contribution in [0.3, 0.4) is 0 Å². The second kappa shape index (κ2) is 6.74. The first-order chi connectivity index (χ1) is 11.5. The van der Waals surface area contributed by atoms with Crippen LogP contribution < -0.4 is 5.32 Å². The van der Waals surface area contributed by atoms with Crippen LogP contribution in [0.4, 0.5) is 0 Å². The molecule has 5 nitrogen and oxygen atoms in total. The molecule has 0 aliphatic carbocycles. The molecule has 3 aromatic rings. The van der Waals surface area contributed by atoms with E-state index in [9.17, 15) is 4.79 Å². The summed E-state index contributed by atoms with van der Waals surface area (Å²) in [5, 5.41) is 7.41. The van der Waals surface area contributed by atoms with E-state index < -0.39 is 0 Å². The number of nitrogens with zero attached hydrogens (tertiary/aromatic N) is 2. The smallest absolute Gasteiger partial charge is 0.255 e. The van der Waals surface area contributed by atoms with Crippen molar-refractivity contribution in [3.8, 4) is 0 Å². The number of hydrogen-bond donors (Lipinski definition) is 1. The predicted molar refractivity (Wildman–Crippen MR) is 91.9 cm³/mol. The minimum absolute atomic E-state index is 0.128. The number of rotatable bonds is 5. The van der Waals surface area contributed by atoms with Crippen LogP contribution in [0.2, 0.25) is 0 Å². The van der Waals surface area contributed by atoms with E-state index in [0.717, 1.165) is 22.7 Å². The summed E-state index contributed by atoms with van der Waals surface area (Å²) in [6.07, 6.45) is 1.59. The fourth-order valence-corrected chi connectivity index (χ4v) is 2.71. The Hall–Kier alpha value is -2.82. The summed E-state index contributed by atoms with van der Waals surface area (Å²) in [5.41, 5.74) is 4.62. The third kappa shape index (κ3) is 3.40. The molecule has 5 heteroatoms. The van der Waals surface area contributed by atoms with Crippen LogP contribution in [0.25, 0.3) is 0 Å². The lowest BCUT2D eigenvalue weighted by Gasteiger charge is -2.07. The fraction of sp³-hybridized carbons (Fsp3) is 0.263. The minimum Gasteiger partial charge on any atom is -0.467 e. The molecule has 124 valence electrons. The van der Waals surface area contributed by atoms with Gasteiger partial charge in [-0.2, -0.15) is 5.10 Å². The van der Waals surface area contributed by atoms with Crippen molar-refractivity contribution in [3.05, 3.63) is 76.5 Å². The van der Waals surface area contributed by atoms with Crippen molar-refractivity contribution in [2.75, 3.05) is 0 Å². The lowest BCUT2D eigenvalue weighted by molar-refractivity contribution is 0.0946. The largest absolute Gasteiger partial charge is 0.467 e. The average Bonchev–Trinajstić information content (AvgIpc) is 3.16. The van der Waals surface area contributed by atoms with Crippen molar-refractivity contribution >= 4 is 5.91 Å². The molecule has 0 aliphatic rings. The molecule has 0 fully saturated rings. The van der Waals surface area contributed by atoms with Crippen LogP contribution in [-0.4, -0.2) is 15.7 Å². The van der Waals surface area contributed by atoms with Crippen molar-refractivity contribution in [1.82, 2.24) is 15.1 Å². The normalized spacial score (nSPS) is 10.8. The number of aryl methyl sites for hydroxylation is 2. The second-order valence-electron chi connectivity index (χ2n) is 5.95. The zero-order valence-electron chi connectivity index (χ0n) is 14.2. The van der Waals surface area contributed by atoms with Gasteiger partial charge in [-0.1, -0.05) is 29.8 Å². The SMILES string of the molecule is Cc1ccc(Cn2nc(C)c(C(=O)NCc3ccco3)c2C)cc1. The van der Waals surface area contributed by atoms with Gasteiger partial charge >= 0.3 is 0 Å². The number of carbonyl (C=O) groups is 1. The van der Waals surface area contributed by atoms with E-state index in [0.29, 0.717) is 18.7 Å². The highest BCUT2D eigenvalue weighted by atomic mass is 16.3. The summed E-state index contributed by atoms with van der Waals surface area (Å²) >= 11 is 0. The summed E-state index contributed by atoms with van der Waals surface area (Å²) in [5.74, 6) is 0.599. The second-order valence-corrected chi connectivity index (χ2v) is 5.95. The minimum atomic E-state index is -0.128. The van der Waals surface area contributed by atoms with Crippen molar-refractivity contribution in [2.24, 2.45) is 0 Å². The van der Waals surface area contributed by atoms with Gasteiger partial charge in [0.1, 0.15) is 5.76 Å². The van der Waals surface area contributed by atoms with Crippen molar-refractivity contribution < 1.29 is 9.21 Å². The summed E-state index contributed by atoms with van der Waals surface area (Å²) < 4.78 is 7.12. The zero-order valence-corrected chi connectivity index (χ0v) is 14.2. The molecule has 1 amide bonds. The zero-order chi connectivity index (χ0) is 17.1. The van der Waals surface area contributed by atoms with Gasteiger partial charge in [0, 0.05) is 5.69 Å². The molecule has 1 N–H and O–H groups in total. The molecular formula is C19H21N3O2. The number of furan rings is 1. The molecular weight excluding hydrogens is 302 g/mol. The third-order valence-corrected chi connectivity index (χ3v) is 4.06. The maximum absolute atomic E-state index is 12.5. The third-order valence-electron chi connectivity index (χ3n) is 4.06. The first-order valence-electron chi connectivity index (χ1n) is 7.94. The van der Waals surface area contributed by atoms with E-state index in [1.807, 2.05) is 24.6 Å². The van der Waals surface area contributed by atoms with Crippen LogP contribution in [0, 0.1) is 20.8 Å². The summed E-state index contributed by atoms with van der Waals surface area (Å²) in [6.45, 7) is 6.87. The van der Waals surface area contributed by atoms with E-state index in [4.69, 9.17) is 4.42 Å². The molecule has 1 aromatic carbocycles. The Bertz CT molecular complexity index is 830. The number of nitrogens with one attached hydrogen (secondary N) is 1. The van der Waals surface area contributed by atoms with Gasteiger partial charge in [-0.3, -0.25) is 9.48 Å². The Morgan fingerprint density at radius 2 is 1.92 bits per heavy atom. The van der Waals surface area contributed by atoms with Gasteiger partial charge in [-0.15, -0.1) is 0 Å². The van der Waals surface area contributed by atoms with E-state index in [2.05, 4.69) is 41.6 Å². The van der Waals surface area contributed by atoms with Gasteiger partial charge < -0.3 is 9.73 Å². The molecule has 2 heterocycles. The summed E-state index contributed by atoms with van der Waals surface area (Å²) in [4.78, 5) is 12.5. The first kappa shape index (κ1) is 16.1. The monoisotopic (exact) mass is 323 g/mol. The van der Waals surface area contributed by atoms with Gasteiger partial charge in [0.2, 0.25) is 0 Å². The molecule has 2 aromatic heterocycles. The highest BCUT2D eigenvalue weighted by molar-refractivity contribution is 5.96. The van der Waals surface area contributed by atoms with E-state index in [1.165, 1.54) is 5.56 Å². The number of hydrogen-bond acceptors (Lipinski definition) is 3. The van der Waals surface area contributed by atoms with E-state index >= 15 is 0 Å².